The first-order valence-electron chi connectivity index (χ1n) is 6.49. The highest BCUT2D eigenvalue weighted by Gasteiger charge is 2.37. The van der Waals surface area contributed by atoms with Crippen molar-refractivity contribution in [3.8, 4) is 5.75 Å². The Morgan fingerprint density at radius 2 is 2.06 bits per heavy atom. The number of phenolic OH excluding ortho intramolecular Hbond substituents is 1. The van der Waals surface area contributed by atoms with Gasteiger partial charge < -0.3 is 15.3 Å². The SMILES string of the molecule is O=C(Cc1cccc(O)c1)N1C[C@H]2CNC[C@H]2C1. The first-order chi connectivity index (χ1) is 8.72. The van der Waals surface area contributed by atoms with E-state index in [1.165, 1.54) is 0 Å². The lowest BCUT2D eigenvalue weighted by Crippen LogP contribution is -2.32. The van der Waals surface area contributed by atoms with Crippen molar-refractivity contribution in [2.75, 3.05) is 26.2 Å². The van der Waals surface area contributed by atoms with Gasteiger partial charge in [0.1, 0.15) is 5.75 Å². The number of phenols is 1. The highest BCUT2D eigenvalue weighted by atomic mass is 16.3. The minimum atomic E-state index is 0.176. The number of carbonyl (C=O) groups is 1. The van der Waals surface area contributed by atoms with Crippen LogP contribution in [0.3, 0.4) is 0 Å². The van der Waals surface area contributed by atoms with E-state index < -0.39 is 0 Å². The van der Waals surface area contributed by atoms with Gasteiger partial charge in [0, 0.05) is 26.2 Å². The van der Waals surface area contributed by atoms with Gasteiger partial charge in [-0.1, -0.05) is 12.1 Å². The third kappa shape index (κ3) is 2.20. The van der Waals surface area contributed by atoms with E-state index in [4.69, 9.17) is 0 Å². The summed E-state index contributed by atoms with van der Waals surface area (Å²) in [5.41, 5.74) is 0.884. The zero-order valence-corrected chi connectivity index (χ0v) is 10.3. The van der Waals surface area contributed by atoms with Crippen LogP contribution in [0.5, 0.6) is 5.75 Å². The molecule has 2 aliphatic rings. The lowest BCUT2D eigenvalue weighted by Gasteiger charge is -2.17. The number of hydrogen-bond acceptors (Lipinski definition) is 3. The highest BCUT2D eigenvalue weighted by Crippen LogP contribution is 2.26. The molecule has 2 fully saturated rings. The Hall–Kier alpha value is -1.55. The van der Waals surface area contributed by atoms with Crippen LogP contribution in [0.1, 0.15) is 5.56 Å². The molecule has 96 valence electrons. The van der Waals surface area contributed by atoms with Gasteiger partial charge >= 0.3 is 0 Å². The summed E-state index contributed by atoms with van der Waals surface area (Å²) in [6, 6.07) is 6.95. The van der Waals surface area contributed by atoms with Crippen LogP contribution in [0.25, 0.3) is 0 Å². The molecule has 1 aromatic rings. The van der Waals surface area contributed by atoms with Crippen LogP contribution in [-0.4, -0.2) is 42.1 Å². The molecule has 0 aromatic heterocycles. The second-order valence-corrected chi connectivity index (χ2v) is 5.32. The van der Waals surface area contributed by atoms with E-state index in [0.717, 1.165) is 31.7 Å². The maximum absolute atomic E-state index is 12.2. The van der Waals surface area contributed by atoms with Gasteiger partial charge in [-0.3, -0.25) is 4.79 Å². The maximum atomic E-state index is 12.2. The number of benzene rings is 1. The molecule has 2 aliphatic heterocycles. The Morgan fingerprint density at radius 3 is 2.72 bits per heavy atom. The fraction of sp³-hybridized carbons (Fsp3) is 0.500. The second-order valence-electron chi connectivity index (χ2n) is 5.32. The summed E-state index contributed by atoms with van der Waals surface area (Å²) in [5.74, 6) is 1.68. The molecule has 2 atom stereocenters. The smallest absolute Gasteiger partial charge is 0.227 e. The van der Waals surface area contributed by atoms with Crippen LogP contribution in [0.4, 0.5) is 0 Å². The molecule has 1 aromatic carbocycles. The third-order valence-electron chi connectivity index (χ3n) is 4.01. The van der Waals surface area contributed by atoms with Crippen molar-refractivity contribution in [1.82, 2.24) is 10.2 Å². The van der Waals surface area contributed by atoms with Crippen molar-refractivity contribution >= 4 is 5.91 Å². The van der Waals surface area contributed by atoms with Gasteiger partial charge in [0.05, 0.1) is 6.42 Å². The number of fused-ring (bicyclic) bond motifs is 1. The molecule has 3 rings (SSSR count). The predicted molar refractivity (Wildman–Crippen MR) is 68.2 cm³/mol. The summed E-state index contributed by atoms with van der Waals surface area (Å²) in [6.45, 7) is 3.85. The summed E-state index contributed by atoms with van der Waals surface area (Å²) in [4.78, 5) is 14.2. The van der Waals surface area contributed by atoms with E-state index in [1.807, 2.05) is 11.0 Å². The van der Waals surface area contributed by atoms with Crippen molar-refractivity contribution in [2.45, 2.75) is 6.42 Å². The average molecular weight is 246 g/mol. The number of nitrogens with one attached hydrogen (secondary N) is 1. The van der Waals surface area contributed by atoms with E-state index in [9.17, 15) is 9.90 Å². The average Bonchev–Trinajstić information content (AvgIpc) is 2.88. The first kappa shape index (κ1) is 11.5. The quantitative estimate of drug-likeness (QED) is 0.804. The zero-order chi connectivity index (χ0) is 12.5. The van der Waals surface area contributed by atoms with E-state index in [-0.39, 0.29) is 11.7 Å². The van der Waals surface area contributed by atoms with E-state index in [1.54, 1.807) is 18.2 Å². The molecular weight excluding hydrogens is 228 g/mol. The van der Waals surface area contributed by atoms with Gasteiger partial charge in [-0.2, -0.15) is 0 Å². The molecule has 4 heteroatoms. The lowest BCUT2D eigenvalue weighted by molar-refractivity contribution is -0.129. The first-order valence-corrected chi connectivity index (χ1v) is 6.49. The zero-order valence-electron chi connectivity index (χ0n) is 10.3. The molecule has 2 heterocycles. The Morgan fingerprint density at radius 1 is 1.33 bits per heavy atom. The molecule has 0 saturated carbocycles. The van der Waals surface area contributed by atoms with E-state index in [0.29, 0.717) is 18.3 Å². The summed E-state index contributed by atoms with van der Waals surface area (Å²) in [5, 5.41) is 12.8. The van der Waals surface area contributed by atoms with Crippen LogP contribution >= 0.6 is 0 Å². The van der Waals surface area contributed by atoms with Gasteiger partial charge in [0.15, 0.2) is 0 Å². The number of likely N-dealkylation sites (tertiary alicyclic amines) is 1. The molecule has 0 spiro atoms. The predicted octanol–water partition coefficient (Wildman–Crippen LogP) is 0.612. The number of amides is 1. The summed E-state index contributed by atoms with van der Waals surface area (Å²) < 4.78 is 0. The molecule has 18 heavy (non-hydrogen) atoms. The number of carbonyl (C=O) groups excluding carboxylic acids is 1. The van der Waals surface area contributed by atoms with Crippen molar-refractivity contribution in [3.63, 3.8) is 0 Å². The summed E-state index contributed by atoms with van der Waals surface area (Å²) in [6.07, 6.45) is 0.390. The van der Waals surface area contributed by atoms with E-state index >= 15 is 0 Å². The van der Waals surface area contributed by atoms with Gasteiger partial charge in [0.2, 0.25) is 5.91 Å². The molecule has 0 unspecified atom stereocenters. The van der Waals surface area contributed by atoms with Gasteiger partial charge in [0.25, 0.3) is 0 Å². The third-order valence-corrected chi connectivity index (χ3v) is 4.01. The second kappa shape index (κ2) is 4.61. The van der Waals surface area contributed by atoms with Crippen molar-refractivity contribution in [2.24, 2.45) is 11.8 Å². The number of nitrogens with zero attached hydrogens (tertiary/aromatic N) is 1. The minimum Gasteiger partial charge on any atom is -0.508 e. The Balaban J connectivity index is 1.62. The summed E-state index contributed by atoms with van der Waals surface area (Å²) >= 11 is 0. The van der Waals surface area contributed by atoms with Crippen LogP contribution in [0.2, 0.25) is 0 Å². The molecule has 0 radical (unpaired) electrons. The molecule has 4 nitrogen and oxygen atoms in total. The molecular formula is C14H18N2O2. The molecule has 0 bridgehead atoms. The van der Waals surface area contributed by atoms with Crippen LogP contribution in [0.15, 0.2) is 24.3 Å². The van der Waals surface area contributed by atoms with Crippen LogP contribution in [-0.2, 0) is 11.2 Å². The Bertz CT molecular complexity index is 449. The minimum absolute atomic E-state index is 0.176. The number of hydrogen-bond donors (Lipinski definition) is 2. The lowest BCUT2D eigenvalue weighted by atomic mass is 10.0. The molecule has 1 amide bonds. The highest BCUT2D eigenvalue weighted by molar-refractivity contribution is 5.79. The van der Waals surface area contributed by atoms with Crippen molar-refractivity contribution in [3.05, 3.63) is 29.8 Å². The van der Waals surface area contributed by atoms with Gasteiger partial charge in [-0.05, 0) is 29.5 Å². The number of rotatable bonds is 2. The van der Waals surface area contributed by atoms with Gasteiger partial charge in [-0.15, -0.1) is 0 Å². The normalized spacial score (nSPS) is 26.3. The van der Waals surface area contributed by atoms with Crippen molar-refractivity contribution in [1.29, 1.82) is 0 Å². The molecule has 2 N–H and O–H groups in total. The Labute approximate surface area is 107 Å². The monoisotopic (exact) mass is 246 g/mol. The maximum Gasteiger partial charge on any atom is 0.227 e. The molecule has 0 aliphatic carbocycles. The van der Waals surface area contributed by atoms with Crippen LogP contribution in [0, 0.1) is 11.8 Å². The fourth-order valence-electron chi connectivity index (χ4n) is 3.01. The van der Waals surface area contributed by atoms with E-state index in [2.05, 4.69) is 5.32 Å². The summed E-state index contributed by atoms with van der Waals surface area (Å²) in [7, 11) is 0. The number of aromatic hydroxyl groups is 1. The molecule has 2 saturated heterocycles. The fourth-order valence-corrected chi connectivity index (χ4v) is 3.01. The van der Waals surface area contributed by atoms with Crippen LogP contribution < -0.4 is 5.32 Å². The topological polar surface area (TPSA) is 52.6 Å². The Kier molecular flexibility index (Phi) is 2.96. The standard InChI is InChI=1S/C14H18N2O2/c17-13-3-1-2-10(4-13)5-14(18)16-8-11-6-15-7-12(11)9-16/h1-4,11-12,15,17H,5-9H2/t11-,12+. The van der Waals surface area contributed by atoms with Crippen molar-refractivity contribution < 1.29 is 9.90 Å². The van der Waals surface area contributed by atoms with Gasteiger partial charge in [-0.25, -0.2) is 0 Å². The largest absolute Gasteiger partial charge is 0.508 e.